The number of carbonyl (C=O) groups excluding carboxylic acids is 1. The van der Waals surface area contributed by atoms with Crippen LogP contribution in [0.4, 0.5) is 0 Å². The molecule has 2 aromatic heterocycles. The summed E-state index contributed by atoms with van der Waals surface area (Å²) >= 11 is 0. The SMILES string of the molecule is CC(C)c1cnc(C(=O)OCCCC(C)c2cnc(CN)nc2)nc1. The fraction of sp³-hybridized carbons (Fsp3) is 0.500. The van der Waals surface area contributed by atoms with E-state index in [9.17, 15) is 4.79 Å². The highest BCUT2D eigenvalue weighted by atomic mass is 16.5. The van der Waals surface area contributed by atoms with E-state index in [2.05, 4.69) is 26.9 Å². The molecule has 0 saturated carbocycles. The number of aromatic nitrogens is 4. The summed E-state index contributed by atoms with van der Waals surface area (Å²) in [5.74, 6) is 0.858. The molecule has 25 heavy (non-hydrogen) atoms. The van der Waals surface area contributed by atoms with Crippen LogP contribution >= 0.6 is 0 Å². The van der Waals surface area contributed by atoms with Gasteiger partial charge in [-0.2, -0.15) is 0 Å². The predicted molar refractivity (Wildman–Crippen MR) is 94.0 cm³/mol. The molecule has 0 spiro atoms. The molecule has 0 bridgehead atoms. The molecule has 0 aliphatic carbocycles. The fourth-order valence-electron chi connectivity index (χ4n) is 2.25. The summed E-state index contributed by atoms with van der Waals surface area (Å²) in [4.78, 5) is 28.5. The maximum Gasteiger partial charge on any atom is 0.376 e. The largest absolute Gasteiger partial charge is 0.460 e. The molecule has 0 fully saturated rings. The number of rotatable bonds is 8. The molecule has 1 atom stereocenters. The Labute approximate surface area is 148 Å². The zero-order valence-corrected chi connectivity index (χ0v) is 15.0. The van der Waals surface area contributed by atoms with E-state index in [1.807, 2.05) is 13.8 Å². The minimum Gasteiger partial charge on any atom is -0.460 e. The number of hydrogen-bond donors (Lipinski definition) is 1. The Morgan fingerprint density at radius 2 is 1.64 bits per heavy atom. The highest BCUT2D eigenvalue weighted by Gasteiger charge is 2.12. The van der Waals surface area contributed by atoms with E-state index in [1.165, 1.54) is 0 Å². The van der Waals surface area contributed by atoms with Gasteiger partial charge in [-0.15, -0.1) is 0 Å². The van der Waals surface area contributed by atoms with E-state index in [1.54, 1.807) is 24.8 Å². The monoisotopic (exact) mass is 343 g/mol. The van der Waals surface area contributed by atoms with Crippen LogP contribution in [0.5, 0.6) is 0 Å². The van der Waals surface area contributed by atoms with Gasteiger partial charge in [0.25, 0.3) is 0 Å². The first-order chi connectivity index (χ1) is 12.0. The standard InChI is InChI=1S/C18H25N5O2/c1-12(2)14-8-22-17(23-9-14)18(24)25-6-4-5-13(3)15-10-20-16(7-19)21-11-15/h8-13H,4-7,19H2,1-3H3. The van der Waals surface area contributed by atoms with E-state index < -0.39 is 5.97 Å². The number of nitrogens with two attached hydrogens (primary N) is 1. The van der Waals surface area contributed by atoms with E-state index >= 15 is 0 Å². The quantitative estimate of drug-likeness (QED) is 0.580. The molecule has 2 N–H and O–H groups in total. The van der Waals surface area contributed by atoms with Gasteiger partial charge >= 0.3 is 5.97 Å². The van der Waals surface area contributed by atoms with E-state index in [0.717, 1.165) is 24.0 Å². The normalized spacial score (nSPS) is 12.2. The van der Waals surface area contributed by atoms with Crippen LogP contribution in [0.3, 0.4) is 0 Å². The molecular formula is C18H25N5O2. The van der Waals surface area contributed by atoms with Crippen LogP contribution in [-0.4, -0.2) is 32.5 Å². The van der Waals surface area contributed by atoms with Crippen LogP contribution in [0.15, 0.2) is 24.8 Å². The highest BCUT2D eigenvalue weighted by molar-refractivity contribution is 5.84. The first-order valence-electron chi connectivity index (χ1n) is 8.51. The zero-order chi connectivity index (χ0) is 18.2. The second kappa shape index (κ2) is 9.17. The molecular weight excluding hydrogens is 318 g/mol. The maximum absolute atomic E-state index is 11.9. The minimum absolute atomic E-state index is 0.100. The zero-order valence-electron chi connectivity index (χ0n) is 15.0. The number of ether oxygens (including phenoxy) is 1. The fourth-order valence-corrected chi connectivity index (χ4v) is 2.25. The van der Waals surface area contributed by atoms with Crippen LogP contribution < -0.4 is 5.73 Å². The van der Waals surface area contributed by atoms with Gasteiger partial charge in [-0.1, -0.05) is 20.8 Å². The number of nitrogens with zero attached hydrogens (tertiary/aromatic N) is 4. The number of esters is 1. The van der Waals surface area contributed by atoms with Gasteiger partial charge in [0.1, 0.15) is 5.82 Å². The summed E-state index contributed by atoms with van der Waals surface area (Å²) in [6.45, 7) is 6.86. The van der Waals surface area contributed by atoms with Crippen molar-refractivity contribution in [2.24, 2.45) is 5.73 Å². The molecule has 7 nitrogen and oxygen atoms in total. The molecule has 0 aromatic carbocycles. The van der Waals surface area contributed by atoms with Gasteiger partial charge < -0.3 is 10.5 Å². The molecule has 0 saturated heterocycles. The Kier molecular flexibility index (Phi) is 6.94. The van der Waals surface area contributed by atoms with Crippen LogP contribution in [0.25, 0.3) is 0 Å². The Morgan fingerprint density at radius 3 is 2.20 bits per heavy atom. The average molecular weight is 343 g/mol. The first-order valence-corrected chi connectivity index (χ1v) is 8.51. The Bertz CT molecular complexity index is 671. The molecule has 2 aromatic rings. The van der Waals surface area contributed by atoms with Crippen LogP contribution in [0.1, 0.15) is 73.0 Å². The van der Waals surface area contributed by atoms with E-state index in [-0.39, 0.29) is 11.7 Å². The lowest BCUT2D eigenvalue weighted by molar-refractivity contribution is 0.0482. The molecule has 0 radical (unpaired) electrons. The van der Waals surface area contributed by atoms with Crippen molar-refractivity contribution in [1.29, 1.82) is 0 Å². The van der Waals surface area contributed by atoms with Gasteiger partial charge in [0.2, 0.25) is 5.82 Å². The highest BCUT2D eigenvalue weighted by Crippen LogP contribution is 2.19. The molecule has 2 rings (SSSR count). The Morgan fingerprint density at radius 1 is 1.04 bits per heavy atom. The Hall–Kier alpha value is -2.41. The molecule has 134 valence electrons. The van der Waals surface area contributed by atoms with Gasteiger partial charge in [-0.05, 0) is 35.8 Å². The van der Waals surface area contributed by atoms with Crippen molar-refractivity contribution in [3.05, 3.63) is 47.6 Å². The minimum atomic E-state index is -0.487. The smallest absolute Gasteiger partial charge is 0.376 e. The lowest BCUT2D eigenvalue weighted by atomic mass is 9.99. The molecule has 0 aliphatic heterocycles. The maximum atomic E-state index is 11.9. The first kappa shape index (κ1) is 18.9. The van der Waals surface area contributed by atoms with Gasteiger partial charge in [-0.25, -0.2) is 24.7 Å². The number of hydrogen-bond acceptors (Lipinski definition) is 7. The molecule has 0 aliphatic rings. The van der Waals surface area contributed by atoms with Crippen molar-refractivity contribution < 1.29 is 9.53 Å². The summed E-state index contributed by atoms with van der Waals surface area (Å²) < 4.78 is 5.24. The summed E-state index contributed by atoms with van der Waals surface area (Å²) in [7, 11) is 0. The van der Waals surface area contributed by atoms with Crippen molar-refractivity contribution >= 4 is 5.97 Å². The third kappa shape index (κ3) is 5.56. The third-order valence-electron chi connectivity index (χ3n) is 4.01. The van der Waals surface area contributed by atoms with Gasteiger partial charge in [0, 0.05) is 24.8 Å². The van der Waals surface area contributed by atoms with E-state index in [0.29, 0.717) is 24.9 Å². The van der Waals surface area contributed by atoms with Crippen LogP contribution in [0.2, 0.25) is 0 Å². The molecule has 0 amide bonds. The van der Waals surface area contributed by atoms with Crippen LogP contribution in [0, 0.1) is 0 Å². The Balaban J connectivity index is 1.75. The lowest BCUT2D eigenvalue weighted by Crippen LogP contribution is -2.11. The second-order valence-corrected chi connectivity index (χ2v) is 6.31. The van der Waals surface area contributed by atoms with Gasteiger partial charge in [-0.3, -0.25) is 0 Å². The second-order valence-electron chi connectivity index (χ2n) is 6.31. The van der Waals surface area contributed by atoms with Crippen molar-refractivity contribution in [3.63, 3.8) is 0 Å². The number of carbonyl (C=O) groups is 1. The summed E-state index contributed by atoms with van der Waals surface area (Å²) in [5.41, 5.74) is 7.54. The van der Waals surface area contributed by atoms with Crippen molar-refractivity contribution in [2.45, 2.75) is 52.0 Å². The summed E-state index contributed by atoms with van der Waals surface area (Å²) in [5, 5.41) is 0. The molecule has 1 unspecified atom stereocenters. The predicted octanol–water partition coefficient (Wildman–Crippen LogP) is 2.59. The average Bonchev–Trinajstić information content (AvgIpc) is 2.65. The summed E-state index contributed by atoms with van der Waals surface area (Å²) in [6.07, 6.45) is 8.55. The van der Waals surface area contributed by atoms with Crippen LogP contribution in [-0.2, 0) is 11.3 Å². The van der Waals surface area contributed by atoms with Crippen molar-refractivity contribution in [1.82, 2.24) is 19.9 Å². The molecule has 2 heterocycles. The van der Waals surface area contributed by atoms with Gasteiger partial charge in [0.15, 0.2) is 0 Å². The van der Waals surface area contributed by atoms with E-state index in [4.69, 9.17) is 10.5 Å². The lowest BCUT2D eigenvalue weighted by Gasteiger charge is -2.11. The topological polar surface area (TPSA) is 104 Å². The summed E-state index contributed by atoms with van der Waals surface area (Å²) in [6, 6.07) is 0. The third-order valence-corrected chi connectivity index (χ3v) is 4.01. The van der Waals surface area contributed by atoms with Crippen molar-refractivity contribution in [3.8, 4) is 0 Å². The van der Waals surface area contributed by atoms with Crippen molar-refractivity contribution in [2.75, 3.05) is 6.61 Å². The molecule has 7 heteroatoms. The van der Waals surface area contributed by atoms with Gasteiger partial charge in [0.05, 0.1) is 13.2 Å².